The van der Waals surface area contributed by atoms with Crippen molar-refractivity contribution in [3.05, 3.63) is 64.7 Å². The van der Waals surface area contributed by atoms with E-state index in [9.17, 15) is 19.5 Å². The van der Waals surface area contributed by atoms with Crippen LogP contribution in [0.1, 0.15) is 38.3 Å². The number of aliphatic hydroxyl groups excluding tert-OH is 1. The molecule has 0 saturated carbocycles. The molecule has 202 valence electrons. The first kappa shape index (κ1) is 26.7. The number of halogens is 1. The number of likely N-dealkylation sites (tertiary alicyclic amines) is 1. The summed E-state index contributed by atoms with van der Waals surface area (Å²) in [7, 11) is 0. The zero-order valence-corrected chi connectivity index (χ0v) is 22.8. The van der Waals surface area contributed by atoms with Gasteiger partial charge in [-0.15, -0.1) is 0 Å². The van der Waals surface area contributed by atoms with Gasteiger partial charge in [0, 0.05) is 6.54 Å². The second-order valence-electron chi connectivity index (χ2n) is 11.1. The molecule has 2 aromatic carbocycles. The number of para-hydroxylation sites is 1. The molecule has 0 radical (unpaired) electrons. The molecule has 3 amide bonds. The molecule has 8 nitrogen and oxygen atoms in total. The molecule has 3 aliphatic rings. The first-order chi connectivity index (χ1) is 18.0. The Morgan fingerprint density at radius 1 is 1.18 bits per heavy atom. The number of aryl methyl sites for hydroxylation is 1. The highest BCUT2D eigenvalue weighted by Gasteiger charge is 2.80. The van der Waals surface area contributed by atoms with Crippen LogP contribution in [0.4, 0.5) is 5.69 Å². The van der Waals surface area contributed by atoms with Gasteiger partial charge in [-0.1, -0.05) is 61.0 Å². The summed E-state index contributed by atoms with van der Waals surface area (Å²) in [5.41, 5.74) is 0.0589. The van der Waals surface area contributed by atoms with Crippen molar-refractivity contribution in [2.24, 2.45) is 17.8 Å². The summed E-state index contributed by atoms with van der Waals surface area (Å²) < 4.78 is 6.70. The number of carbonyl (C=O) groups excluding carboxylic acids is 3. The van der Waals surface area contributed by atoms with Crippen molar-refractivity contribution in [1.29, 1.82) is 0 Å². The Hall–Kier alpha value is -2.94. The molecule has 3 unspecified atom stereocenters. The van der Waals surface area contributed by atoms with Crippen LogP contribution in [0, 0.1) is 24.7 Å². The number of fused-ring (bicyclic) bond motifs is 1. The number of carbonyl (C=O) groups is 3. The molecule has 2 aromatic rings. The van der Waals surface area contributed by atoms with Crippen molar-refractivity contribution in [3.8, 4) is 0 Å². The second kappa shape index (κ2) is 9.67. The molecule has 2 bridgehead atoms. The van der Waals surface area contributed by atoms with Gasteiger partial charge < -0.3 is 25.4 Å². The van der Waals surface area contributed by atoms with Gasteiger partial charge in [0.15, 0.2) is 0 Å². The highest BCUT2D eigenvalue weighted by atomic mass is 35.5. The average Bonchev–Trinajstić information content (AvgIpc) is 3.41. The summed E-state index contributed by atoms with van der Waals surface area (Å²) in [5.74, 6) is -2.78. The molecule has 0 aromatic heterocycles. The smallest absolute Gasteiger partial charge is 0.250 e. The van der Waals surface area contributed by atoms with Crippen LogP contribution in [0.15, 0.2) is 48.5 Å². The number of nitrogens with zero attached hydrogens (tertiary/aromatic N) is 1. The molecular formula is C29H34ClN3O5. The molecule has 1 spiro atoms. The Morgan fingerprint density at radius 2 is 1.89 bits per heavy atom. The van der Waals surface area contributed by atoms with Crippen LogP contribution in [0.3, 0.4) is 0 Å². The standard InChI is InChI=1S/C29H34ClN3O5/c1-16-9-8-12-20(30)23(16)32-26(36)24-29-13-17(2)28(4,38-29)21(22(29)27(37)33(24)18(3)15-34)25(35)31-14-19-10-6-5-7-11-19/h5-12,17-18,21-22,24,34H,13-15H2,1-4H3,(H,31,35)(H,32,36)/t17?,18-,21-,22+,24?,28+,29?/m1/s1. The molecule has 3 saturated heterocycles. The number of nitrogens with one attached hydrogen (secondary N) is 2. The predicted molar refractivity (Wildman–Crippen MR) is 143 cm³/mol. The first-order valence-electron chi connectivity index (χ1n) is 13.1. The number of benzene rings is 2. The Labute approximate surface area is 227 Å². The fraction of sp³-hybridized carbons (Fsp3) is 0.483. The highest BCUT2D eigenvalue weighted by Crippen LogP contribution is 2.65. The van der Waals surface area contributed by atoms with Crippen LogP contribution < -0.4 is 10.6 Å². The Balaban J connectivity index is 1.52. The van der Waals surface area contributed by atoms with Crippen LogP contribution in [0.5, 0.6) is 0 Å². The third kappa shape index (κ3) is 3.92. The number of anilines is 1. The molecule has 38 heavy (non-hydrogen) atoms. The minimum absolute atomic E-state index is 0.0826. The van der Waals surface area contributed by atoms with Crippen LogP contribution in [0.25, 0.3) is 0 Å². The summed E-state index contributed by atoms with van der Waals surface area (Å²) in [6.45, 7) is 7.39. The Kier molecular flexibility index (Phi) is 6.78. The summed E-state index contributed by atoms with van der Waals surface area (Å²) in [5, 5.41) is 16.4. The van der Waals surface area contributed by atoms with Gasteiger partial charge >= 0.3 is 0 Å². The molecular weight excluding hydrogens is 506 g/mol. The largest absolute Gasteiger partial charge is 0.394 e. The van der Waals surface area contributed by atoms with Crippen molar-refractivity contribution < 1.29 is 24.2 Å². The monoisotopic (exact) mass is 539 g/mol. The number of hydrogen-bond donors (Lipinski definition) is 3. The molecule has 5 rings (SSSR count). The quantitative estimate of drug-likeness (QED) is 0.500. The lowest BCUT2D eigenvalue weighted by Crippen LogP contribution is -2.56. The van der Waals surface area contributed by atoms with Crippen LogP contribution in [0.2, 0.25) is 5.02 Å². The van der Waals surface area contributed by atoms with Gasteiger partial charge in [-0.2, -0.15) is 0 Å². The molecule has 3 heterocycles. The van der Waals surface area contributed by atoms with Gasteiger partial charge in [0.05, 0.1) is 40.8 Å². The van der Waals surface area contributed by atoms with E-state index in [4.69, 9.17) is 16.3 Å². The zero-order chi connectivity index (χ0) is 27.4. The zero-order valence-electron chi connectivity index (χ0n) is 22.0. The molecule has 3 N–H and O–H groups in total. The van der Waals surface area contributed by atoms with E-state index in [1.54, 1.807) is 19.1 Å². The van der Waals surface area contributed by atoms with E-state index in [0.717, 1.165) is 11.1 Å². The van der Waals surface area contributed by atoms with Gasteiger partial charge in [0.2, 0.25) is 17.7 Å². The lowest BCUT2D eigenvalue weighted by Gasteiger charge is -2.36. The number of amides is 3. The highest BCUT2D eigenvalue weighted by molar-refractivity contribution is 6.34. The van der Waals surface area contributed by atoms with Crippen molar-refractivity contribution >= 4 is 35.0 Å². The fourth-order valence-corrected chi connectivity index (χ4v) is 7.08. The molecule has 3 fully saturated rings. The van der Waals surface area contributed by atoms with Gasteiger partial charge in [-0.05, 0) is 50.3 Å². The average molecular weight is 540 g/mol. The summed E-state index contributed by atoms with van der Waals surface area (Å²) in [6, 6.07) is 13.2. The lowest BCUT2D eigenvalue weighted by atomic mass is 9.62. The normalized spacial score (nSPS) is 32.3. The number of rotatable bonds is 7. The number of aliphatic hydroxyl groups is 1. The molecule has 3 aliphatic heterocycles. The van der Waals surface area contributed by atoms with E-state index >= 15 is 0 Å². The number of hydrogen-bond acceptors (Lipinski definition) is 5. The second-order valence-corrected chi connectivity index (χ2v) is 11.5. The van der Waals surface area contributed by atoms with Crippen LogP contribution >= 0.6 is 11.6 Å². The van der Waals surface area contributed by atoms with Crippen LogP contribution in [-0.2, 0) is 25.7 Å². The maximum atomic E-state index is 14.1. The third-order valence-corrected chi connectivity index (χ3v) is 9.12. The van der Waals surface area contributed by atoms with Crippen molar-refractivity contribution in [1.82, 2.24) is 10.2 Å². The summed E-state index contributed by atoms with van der Waals surface area (Å²) in [4.78, 5) is 43.2. The maximum Gasteiger partial charge on any atom is 0.250 e. The van der Waals surface area contributed by atoms with E-state index in [1.807, 2.05) is 57.2 Å². The third-order valence-electron chi connectivity index (χ3n) is 8.80. The van der Waals surface area contributed by atoms with E-state index in [1.165, 1.54) is 4.90 Å². The number of ether oxygens (including phenoxy) is 1. The van der Waals surface area contributed by atoms with Gasteiger partial charge in [0.1, 0.15) is 11.6 Å². The lowest BCUT2D eigenvalue weighted by molar-refractivity contribution is -0.148. The van der Waals surface area contributed by atoms with E-state index in [0.29, 0.717) is 23.7 Å². The Morgan fingerprint density at radius 3 is 2.55 bits per heavy atom. The molecule has 9 heteroatoms. The molecule has 0 aliphatic carbocycles. The predicted octanol–water partition coefficient (Wildman–Crippen LogP) is 3.29. The van der Waals surface area contributed by atoms with Crippen molar-refractivity contribution in [2.45, 2.75) is 63.9 Å². The van der Waals surface area contributed by atoms with Gasteiger partial charge in [0.25, 0.3) is 0 Å². The summed E-state index contributed by atoms with van der Waals surface area (Å²) >= 11 is 6.40. The summed E-state index contributed by atoms with van der Waals surface area (Å²) in [6.07, 6.45) is 0.441. The van der Waals surface area contributed by atoms with E-state index in [-0.39, 0.29) is 24.3 Å². The maximum absolute atomic E-state index is 14.1. The Bertz CT molecular complexity index is 1250. The topological polar surface area (TPSA) is 108 Å². The first-order valence-corrected chi connectivity index (χ1v) is 13.4. The minimum atomic E-state index is -1.21. The molecule has 7 atom stereocenters. The van der Waals surface area contributed by atoms with Gasteiger partial charge in [-0.3, -0.25) is 14.4 Å². The van der Waals surface area contributed by atoms with Crippen molar-refractivity contribution in [3.63, 3.8) is 0 Å². The van der Waals surface area contributed by atoms with Crippen molar-refractivity contribution in [2.75, 3.05) is 11.9 Å². The fourth-order valence-electron chi connectivity index (χ4n) is 6.82. The minimum Gasteiger partial charge on any atom is -0.394 e. The van der Waals surface area contributed by atoms with Gasteiger partial charge in [-0.25, -0.2) is 0 Å². The van der Waals surface area contributed by atoms with E-state index in [2.05, 4.69) is 10.6 Å². The SMILES string of the molecule is Cc1cccc(Cl)c1NC(=O)C1N([C@H](C)CO)C(=O)[C@@H]2[C@H](C(=O)NCc3ccccc3)[C@@]3(C)OC12CC3C. The van der Waals surface area contributed by atoms with Crippen LogP contribution in [-0.4, -0.2) is 57.6 Å². The van der Waals surface area contributed by atoms with E-state index < -0.39 is 41.0 Å².